The van der Waals surface area contributed by atoms with E-state index in [0.717, 1.165) is 53.1 Å². The Morgan fingerprint density at radius 3 is 2.12 bits per heavy atom. The first kappa shape index (κ1) is 36.4. The normalized spacial score (nSPS) is 14.2. The Morgan fingerprint density at radius 2 is 1.47 bits per heavy atom. The van der Waals surface area contributed by atoms with Crippen LogP contribution in [-0.2, 0) is 32.6 Å². The number of nitrogens with zero attached hydrogens (tertiary/aromatic N) is 2. The molecule has 1 fully saturated rings. The van der Waals surface area contributed by atoms with Crippen molar-refractivity contribution >= 4 is 50.7 Å². The van der Waals surface area contributed by atoms with Crippen molar-refractivity contribution in [1.29, 1.82) is 0 Å². The second kappa shape index (κ2) is 16.2. The lowest BCUT2D eigenvalue weighted by atomic mass is 9.94. The van der Waals surface area contributed by atoms with Crippen LogP contribution >= 0.6 is 23.2 Å². The molecule has 0 saturated heterocycles. The highest BCUT2D eigenvalue weighted by Gasteiger charge is 2.36. The number of aryl methyl sites for hydroxylation is 3. The summed E-state index contributed by atoms with van der Waals surface area (Å²) < 4.78 is 29.9. The molecule has 4 aromatic rings. The van der Waals surface area contributed by atoms with Crippen molar-refractivity contribution in [1.82, 2.24) is 10.2 Å². The highest BCUT2D eigenvalue weighted by atomic mass is 35.5. The number of rotatable bonds is 12. The lowest BCUT2D eigenvalue weighted by Gasteiger charge is -2.35. The van der Waals surface area contributed by atoms with E-state index in [2.05, 4.69) is 5.32 Å². The molecule has 1 aliphatic rings. The first-order chi connectivity index (χ1) is 23.4. The minimum atomic E-state index is -4.20. The van der Waals surface area contributed by atoms with Crippen molar-refractivity contribution in [2.24, 2.45) is 0 Å². The number of carbonyl (C=O) groups excluding carboxylic acids is 2. The zero-order chi connectivity index (χ0) is 35.1. The first-order valence-electron chi connectivity index (χ1n) is 16.7. The minimum Gasteiger partial charge on any atom is -0.352 e. The Bertz CT molecular complexity index is 1880. The molecule has 2 amide bonds. The predicted octanol–water partition coefficient (Wildman–Crippen LogP) is 8.20. The third-order valence-electron chi connectivity index (χ3n) is 9.07. The summed E-state index contributed by atoms with van der Waals surface area (Å²) in [5, 5.41) is 3.91. The van der Waals surface area contributed by atoms with Crippen LogP contribution in [-0.4, -0.2) is 43.8 Å². The van der Waals surface area contributed by atoms with Crippen LogP contribution in [0, 0.1) is 20.8 Å². The van der Waals surface area contributed by atoms with Gasteiger partial charge in [-0.15, -0.1) is 0 Å². The summed E-state index contributed by atoms with van der Waals surface area (Å²) in [5.41, 5.74) is 4.50. The van der Waals surface area contributed by atoms with Gasteiger partial charge >= 0.3 is 0 Å². The molecule has 10 heteroatoms. The van der Waals surface area contributed by atoms with E-state index in [1.165, 1.54) is 4.90 Å². The Kier molecular flexibility index (Phi) is 12.1. The van der Waals surface area contributed by atoms with Crippen LogP contribution in [0.4, 0.5) is 5.69 Å². The van der Waals surface area contributed by atoms with E-state index in [1.54, 1.807) is 48.5 Å². The highest BCUT2D eigenvalue weighted by molar-refractivity contribution is 7.92. The molecule has 1 unspecified atom stereocenters. The maximum Gasteiger partial charge on any atom is 0.264 e. The molecule has 0 bridgehead atoms. The summed E-state index contributed by atoms with van der Waals surface area (Å²) in [6, 6.07) is 25.7. The number of benzene rings is 4. The molecule has 0 aromatic heterocycles. The number of hydrogen-bond donors (Lipinski definition) is 1. The number of nitrogens with one attached hydrogen (secondary N) is 1. The van der Waals surface area contributed by atoms with Gasteiger partial charge < -0.3 is 10.2 Å². The fraction of sp³-hybridized carbons (Fsp3) is 0.333. The monoisotopic (exact) mass is 719 g/mol. The molecule has 1 aliphatic carbocycles. The van der Waals surface area contributed by atoms with Crippen molar-refractivity contribution in [3.8, 4) is 0 Å². The molecule has 258 valence electrons. The lowest BCUT2D eigenvalue weighted by Crippen LogP contribution is -2.55. The van der Waals surface area contributed by atoms with E-state index in [-0.39, 0.29) is 29.8 Å². The largest absolute Gasteiger partial charge is 0.352 e. The average molecular weight is 721 g/mol. The van der Waals surface area contributed by atoms with E-state index in [9.17, 15) is 18.0 Å². The molecule has 5 rings (SSSR count). The van der Waals surface area contributed by atoms with E-state index >= 15 is 0 Å². The smallest absolute Gasteiger partial charge is 0.264 e. The first-order valence-corrected chi connectivity index (χ1v) is 18.9. The van der Waals surface area contributed by atoms with Gasteiger partial charge in [-0.05, 0) is 80.6 Å². The summed E-state index contributed by atoms with van der Waals surface area (Å²) in [6.07, 6.45) is 5.18. The van der Waals surface area contributed by atoms with Gasteiger partial charge in [0, 0.05) is 19.0 Å². The van der Waals surface area contributed by atoms with Crippen molar-refractivity contribution in [2.45, 2.75) is 82.8 Å². The third-order valence-corrected chi connectivity index (χ3v) is 11.6. The molecular formula is C39H43Cl2N3O4S. The van der Waals surface area contributed by atoms with Crippen LogP contribution in [0.5, 0.6) is 0 Å². The molecule has 0 radical (unpaired) electrons. The van der Waals surface area contributed by atoms with Gasteiger partial charge in [-0.25, -0.2) is 8.42 Å². The topological polar surface area (TPSA) is 86.8 Å². The van der Waals surface area contributed by atoms with Crippen LogP contribution in [0.3, 0.4) is 0 Å². The molecule has 49 heavy (non-hydrogen) atoms. The average Bonchev–Trinajstić information content (AvgIpc) is 3.08. The van der Waals surface area contributed by atoms with Crippen LogP contribution in [0.25, 0.3) is 0 Å². The van der Waals surface area contributed by atoms with Crippen molar-refractivity contribution in [2.75, 3.05) is 10.8 Å². The number of hydrogen-bond acceptors (Lipinski definition) is 4. The molecule has 1 atom stereocenters. The number of carbonyl (C=O) groups is 2. The van der Waals surface area contributed by atoms with Gasteiger partial charge in [0.25, 0.3) is 10.0 Å². The maximum atomic E-state index is 14.8. The van der Waals surface area contributed by atoms with Gasteiger partial charge in [-0.1, -0.05) is 114 Å². The second-order valence-corrected chi connectivity index (χ2v) is 15.6. The quantitative estimate of drug-likeness (QED) is 0.160. The Hall–Kier alpha value is -3.85. The Labute approximate surface area is 300 Å². The van der Waals surface area contributed by atoms with E-state index in [1.807, 2.05) is 63.2 Å². The summed E-state index contributed by atoms with van der Waals surface area (Å²) in [4.78, 5) is 30.6. The number of halogens is 2. The molecule has 0 heterocycles. The molecular weight excluding hydrogens is 677 g/mol. The zero-order valence-corrected chi connectivity index (χ0v) is 30.5. The summed E-state index contributed by atoms with van der Waals surface area (Å²) in [6.45, 7) is 5.13. The standard InChI is InChI=1S/C39H43Cl2N3O4S/c1-27-14-18-33(19-15-27)49(47,48)44(36-21-16-28(2)22-29(36)3)26-38(45)43(25-31-17-20-34(40)35(41)23-31)37(24-30-10-6-4-7-11-30)39(46)42-32-12-8-5-9-13-32/h4,6-7,10-11,14-23,32,37H,5,8-9,12-13,24-26H2,1-3H3,(H,42,46). The fourth-order valence-corrected chi connectivity index (χ4v) is 8.17. The number of sulfonamides is 1. The van der Waals surface area contributed by atoms with Gasteiger partial charge in [0.05, 0.1) is 20.6 Å². The van der Waals surface area contributed by atoms with Gasteiger partial charge in [0.15, 0.2) is 0 Å². The lowest BCUT2D eigenvalue weighted by molar-refractivity contribution is -0.140. The number of amides is 2. The zero-order valence-electron chi connectivity index (χ0n) is 28.2. The highest BCUT2D eigenvalue weighted by Crippen LogP contribution is 2.30. The number of anilines is 1. The summed E-state index contributed by atoms with van der Waals surface area (Å²) in [7, 11) is -4.20. The Balaban J connectivity index is 1.59. The van der Waals surface area contributed by atoms with E-state index in [0.29, 0.717) is 26.9 Å². The van der Waals surface area contributed by atoms with Gasteiger partial charge in [0.1, 0.15) is 12.6 Å². The molecule has 4 aromatic carbocycles. The Morgan fingerprint density at radius 1 is 0.796 bits per heavy atom. The maximum absolute atomic E-state index is 14.8. The van der Waals surface area contributed by atoms with Crippen LogP contribution < -0.4 is 9.62 Å². The SMILES string of the molecule is Cc1ccc(S(=O)(=O)N(CC(=O)N(Cc2ccc(Cl)c(Cl)c2)C(Cc2ccccc2)C(=O)NC2CCCCC2)c2ccc(C)cc2C)cc1. The van der Waals surface area contributed by atoms with Crippen LogP contribution in [0.2, 0.25) is 10.0 Å². The van der Waals surface area contributed by atoms with Crippen molar-refractivity contribution < 1.29 is 18.0 Å². The van der Waals surface area contributed by atoms with E-state index in [4.69, 9.17) is 23.2 Å². The van der Waals surface area contributed by atoms with Crippen LogP contribution in [0.15, 0.2) is 95.9 Å². The van der Waals surface area contributed by atoms with Gasteiger partial charge in [0.2, 0.25) is 11.8 Å². The third kappa shape index (κ3) is 9.24. The molecule has 0 aliphatic heterocycles. The molecule has 7 nitrogen and oxygen atoms in total. The van der Waals surface area contributed by atoms with Crippen LogP contribution in [0.1, 0.15) is 59.9 Å². The van der Waals surface area contributed by atoms with Crippen molar-refractivity contribution in [3.63, 3.8) is 0 Å². The van der Waals surface area contributed by atoms with Crippen molar-refractivity contribution in [3.05, 3.63) is 129 Å². The fourth-order valence-electron chi connectivity index (χ4n) is 6.37. The molecule has 0 spiro atoms. The van der Waals surface area contributed by atoms with Gasteiger partial charge in [-0.2, -0.15) is 0 Å². The van der Waals surface area contributed by atoms with E-state index < -0.39 is 28.5 Å². The van der Waals surface area contributed by atoms with Gasteiger partial charge in [-0.3, -0.25) is 13.9 Å². The minimum absolute atomic E-state index is 0.00933. The summed E-state index contributed by atoms with van der Waals surface area (Å²) >= 11 is 12.6. The molecule has 1 saturated carbocycles. The second-order valence-electron chi connectivity index (χ2n) is 12.9. The summed E-state index contributed by atoms with van der Waals surface area (Å²) in [5.74, 6) is -0.801. The molecule has 1 N–H and O–H groups in total. The predicted molar refractivity (Wildman–Crippen MR) is 198 cm³/mol.